The zero-order chi connectivity index (χ0) is 17.3. The van der Waals surface area contributed by atoms with Crippen molar-refractivity contribution in [1.82, 2.24) is 15.0 Å². The summed E-state index contributed by atoms with van der Waals surface area (Å²) in [5, 5.41) is 4.82. The van der Waals surface area contributed by atoms with Crippen molar-refractivity contribution in [3.05, 3.63) is 40.7 Å². The Hall–Kier alpha value is -2.21. The molecule has 0 aromatic carbocycles. The van der Waals surface area contributed by atoms with Crippen molar-refractivity contribution >= 4 is 33.2 Å². The molecule has 1 fully saturated rings. The van der Waals surface area contributed by atoms with E-state index < -0.39 is 0 Å². The Morgan fingerprint density at radius 2 is 1.92 bits per heavy atom. The van der Waals surface area contributed by atoms with Gasteiger partial charge in [0.15, 0.2) is 0 Å². The van der Waals surface area contributed by atoms with Crippen LogP contribution in [0.5, 0.6) is 0 Å². The van der Waals surface area contributed by atoms with E-state index in [0.29, 0.717) is 0 Å². The third kappa shape index (κ3) is 2.92. The summed E-state index contributed by atoms with van der Waals surface area (Å²) in [6, 6.07) is 4.30. The molecule has 0 radical (unpaired) electrons. The van der Waals surface area contributed by atoms with E-state index in [-0.39, 0.29) is 0 Å². The van der Waals surface area contributed by atoms with Crippen molar-refractivity contribution in [2.24, 2.45) is 0 Å². The molecule has 1 aliphatic heterocycles. The van der Waals surface area contributed by atoms with E-state index in [9.17, 15) is 0 Å². The van der Waals surface area contributed by atoms with Crippen LogP contribution < -0.4 is 10.2 Å². The zero-order valence-corrected chi connectivity index (χ0v) is 15.7. The summed E-state index contributed by atoms with van der Waals surface area (Å²) in [7, 11) is 0. The van der Waals surface area contributed by atoms with Gasteiger partial charge in [-0.25, -0.2) is 15.0 Å². The topological polar surface area (TPSA) is 53.9 Å². The van der Waals surface area contributed by atoms with Gasteiger partial charge in [0, 0.05) is 30.7 Å². The van der Waals surface area contributed by atoms with Crippen molar-refractivity contribution < 1.29 is 0 Å². The second-order valence-electron chi connectivity index (χ2n) is 7.18. The first-order valence-electron chi connectivity index (χ1n) is 9.57. The summed E-state index contributed by atoms with van der Waals surface area (Å²) >= 11 is 1.85. The van der Waals surface area contributed by atoms with Crippen molar-refractivity contribution in [3.8, 4) is 0 Å². The number of nitrogens with one attached hydrogen (secondary N) is 1. The Morgan fingerprint density at radius 3 is 2.85 bits per heavy atom. The highest BCUT2D eigenvalue weighted by Crippen LogP contribution is 2.38. The summed E-state index contributed by atoms with van der Waals surface area (Å²) in [4.78, 5) is 18.6. The van der Waals surface area contributed by atoms with Crippen LogP contribution >= 0.6 is 11.3 Å². The smallest absolute Gasteiger partial charge is 0.138 e. The number of hydrogen-bond acceptors (Lipinski definition) is 6. The molecule has 3 aromatic heterocycles. The quantitative estimate of drug-likeness (QED) is 0.752. The zero-order valence-electron chi connectivity index (χ0n) is 14.9. The molecular formula is C20H23N5S. The fraction of sp³-hybridized carbons (Fsp3) is 0.450. The van der Waals surface area contributed by atoms with Gasteiger partial charge in [0.1, 0.15) is 22.8 Å². The van der Waals surface area contributed by atoms with E-state index >= 15 is 0 Å². The van der Waals surface area contributed by atoms with Crippen LogP contribution in [0.1, 0.15) is 41.7 Å². The number of anilines is 2. The Morgan fingerprint density at radius 1 is 1.04 bits per heavy atom. The highest BCUT2D eigenvalue weighted by molar-refractivity contribution is 7.19. The highest BCUT2D eigenvalue weighted by Gasteiger charge is 2.20. The number of fused-ring (bicyclic) bond motifs is 3. The molecule has 1 aliphatic carbocycles. The molecule has 0 amide bonds. The normalized spacial score (nSPS) is 16.8. The van der Waals surface area contributed by atoms with Gasteiger partial charge in [-0.15, -0.1) is 11.3 Å². The van der Waals surface area contributed by atoms with Crippen LogP contribution in [0.15, 0.2) is 24.7 Å². The van der Waals surface area contributed by atoms with Crippen LogP contribution in [0.2, 0.25) is 0 Å². The first-order chi connectivity index (χ1) is 12.9. The minimum absolute atomic E-state index is 0.764. The molecule has 2 aliphatic rings. The molecule has 6 heteroatoms. The molecule has 0 spiro atoms. The average Bonchev–Trinajstić information content (AvgIpc) is 3.34. The first kappa shape index (κ1) is 16.0. The number of thiophene rings is 1. The molecule has 5 rings (SSSR count). The molecule has 0 bridgehead atoms. The summed E-state index contributed by atoms with van der Waals surface area (Å²) < 4.78 is 0. The molecule has 5 nitrogen and oxygen atoms in total. The number of aromatic nitrogens is 3. The lowest BCUT2D eigenvalue weighted by Crippen LogP contribution is -2.19. The summed E-state index contributed by atoms with van der Waals surface area (Å²) in [6.07, 6.45) is 11.1. The summed E-state index contributed by atoms with van der Waals surface area (Å²) in [5.74, 6) is 2.08. The van der Waals surface area contributed by atoms with Gasteiger partial charge in [-0.05, 0) is 61.8 Å². The third-order valence-electron chi connectivity index (χ3n) is 5.45. The van der Waals surface area contributed by atoms with E-state index in [1.807, 2.05) is 17.5 Å². The molecule has 4 heterocycles. The Labute approximate surface area is 157 Å². The Kier molecular flexibility index (Phi) is 4.21. The molecule has 0 atom stereocenters. The van der Waals surface area contributed by atoms with Crippen LogP contribution in [0.3, 0.4) is 0 Å². The molecule has 1 saturated heterocycles. The van der Waals surface area contributed by atoms with Gasteiger partial charge >= 0.3 is 0 Å². The van der Waals surface area contributed by atoms with Gasteiger partial charge < -0.3 is 10.2 Å². The fourth-order valence-corrected chi connectivity index (χ4v) is 5.33. The van der Waals surface area contributed by atoms with Gasteiger partial charge in [-0.3, -0.25) is 0 Å². The Balaban J connectivity index is 1.40. The maximum Gasteiger partial charge on any atom is 0.138 e. The van der Waals surface area contributed by atoms with Gasteiger partial charge in [-0.2, -0.15) is 0 Å². The van der Waals surface area contributed by atoms with Gasteiger partial charge in [0.05, 0.1) is 5.39 Å². The minimum Gasteiger partial charge on any atom is -0.365 e. The van der Waals surface area contributed by atoms with E-state index in [1.54, 1.807) is 6.33 Å². The lowest BCUT2D eigenvalue weighted by molar-refractivity contribution is 0.700. The Bertz CT molecular complexity index is 929. The van der Waals surface area contributed by atoms with E-state index in [2.05, 4.69) is 37.3 Å². The number of hydrogen-bond donors (Lipinski definition) is 1. The monoisotopic (exact) mass is 365 g/mol. The van der Waals surface area contributed by atoms with Gasteiger partial charge in [0.2, 0.25) is 0 Å². The van der Waals surface area contributed by atoms with E-state index in [0.717, 1.165) is 42.5 Å². The summed E-state index contributed by atoms with van der Waals surface area (Å²) in [5.41, 5.74) is 2.73. The van der Waals surface area contributed by atoms with Crippen molar-refractivity contribution in [2.75, 3.05) is 23.3 Å². The van der Waals surface area contributed by atoms with E-state index in [1.165, 1.54) is 53.5 Å². The third-order valence-corrected chi connectivity index (χ3v) is 6.65. The lowest BCUT2D eigenvalue weighted by Gasteiger charge is -2.17. The van der Waals surface area contributed by atoms with Crippen molar-refractivity contribution in [3.63, 3.8) is 0 Å². The molecule has 1 N–H and O–H groups in total. The average molecular weight is 366 g/mol. The van der Waals surface area contributed by atoms with Crippen LogP contribution in [-0.2, 0) is 19.4 Å². The minimum atomic E-state index is 0.764. The predicted octanol–water partition coefficient (Wildman–Crippen LogP) is 4.18. The maximum atomic E-state index is 4.56. The molecule has 0 saturated carbocycles. The van der Waals surface area contributed by atoms with E-state index in [4.69, 9.17) is 0 Å². The first-order valence-corrected chi connectivity index (χ1v) is 10.4. The maximum absolute atomic E-state index is 4.56. The number of rotatable bonds is 4. The largest absolute Gasteiger partial charge is 0.365 e. The molecule has 0 unspecified atom stereocenters. The predicted molar refractivity (Wildman–Crippen MR) is 107 cm³/mol. The van der Waals surface area contributed by atoms with Crippen LogP contribution in [0, 0.1) is 0 Å². The second-order valence-corrected chi connectivity index (χ2v) is 8.27. The second kappa shape index (κ2) is 6.83. The van der Waals surface area contributed by atoms with Gasteiger partial charge in [0.25, 0.3) is 0 Å². The standard InChI is InChI=1S/C20H23N5S/c1-2-6-16-15(5-1)18-19(23-13-24-20(18)26-16)22-12-14-7-8-21-17(11-14)25-9-3-4-10-25/h7-8,11,13H,1-6,9-10,12H2,(H,22,23,24). The van der Waals surface area contributed by atoms with Crippen molar-refractivity contribution in [2.45, 2.75) is 45.1 Å². The van der Waals surface area contributed by atoms with Crippen LogP contribution in [-0.4, -0.2) is 28.0 Å². The molecular weight excluding hydrogens is 342 g/mol. The number of aryl methyl sites for hydroxylation is 2. The summed E-state index contributed by atoms with van der Waals surface area (Å²) in [6.45, 7) is 3.01. The van der Waals surface area contributed by atoms with Crippen molar-refractivity contribution in [1.29, 1.82) is 0 Å². The lowest BCUT2D eigenvalue weighted by atomic mass is 9.97. The molecule has 134 valence electrons. The number of nitrogens with zero attached hydrogens (tertiary/aromatic N) is 4. The fourth-order valence-electron chi connectivity index (χ4n) is 4.10. The number of pyridine rings is 1. The highest BCUT2D eigenvalue weighted by atomic mass is 32.1. The SMILES string of the molecule is c1cc(CNc2ncnc3sc4c(c23)CCCC4)cc(N2CCCC2)n1. The molecule has 3 aromatic rings. The van der Waals surface area contributed by atoms with Crippen LogP contribution in [0.25, 0.3) is 10.2 Å². The van der Waals surface area contributed by atoms with Gasteiger partial charge in [-0.1, -0.05) is 0 Å². The molecule has 26 heavy (non-hydrogen) atoms. The van der Waals surface area contributed by atoms with Crippen LogP contribution in [0.4, 0.5) is 11.6 Å².